The van der Waals surface area contributed by atoms with Gasteiger partial charge in [-0.15, -0.1) is 0 Å². The molecular weight excluding hydrogens is 220 g/mol. The van der Waals surface area contributed by atoms with Crippen LogP contribution < -0.4 is 4.90 Å². The Balaban J connectivity index is 2.65. The maximum atomic E-state index is 9.59. The second-order valence-corrected chi connectivity index (χ2v) is 2.81. The van der Waals surface area contributed by atoms with Crippen LogP contribution in [0.5, 0.6) is 0 Å². The van der Waals surface area contributed by atoms with E-state index in [1.54, 1.807) is 0 Å². The lowest BCUT2D eigenvalue weighted by molar-refractivity contribution is 0.141. The van der Waals surface area contributed by atoms with Crippen molar-refractivity contribution in [2.75, 3.05) is 17.9 Å². The Kier molecular flexibility index (Phi) is 0.747. The van der Waals surface area contributed by atoms with Crippen LogP contribution in [0, 0.1) is 0 Å². The standard InChI is InChI=1S/C8H9BrN2O/c9-7-2-1-3-10-8(7)11-4-6(12)5-11/h1-3,6,12H,4-5H2/i1D,2D,3D,4D2,5D2,6D. The van der Waals surface area contributed by atoms with Gasteiger partial charge < -0.3 is 10.0 Å². The summed E-state index contributed by atoms with van der Waals surface area (Å²) < 4.78 is 60.0. The first-order valence-electron chi connectivity index (χ1n) is 7.03. The molecule has 0 spiro atoms. The number of β-amino-alcohol motifs (C(OH)–C–C–N with tert-alkyl or cyclic N) is 1. The van der Waals surface area contributed by atoms with E-state index in [4.69, 9.17) is 11.0 Å². The van der Waals surface area contributed by atoms with Crippen molar-refractivity contribution in [2.24, 2.45) is 0 Å². The minimum Gasteiger partial charge on any atom is -0.389 e. The summed E-state index contributed by atoms with van der Waals surface area (Å²) in [6.45, 7) is -5.59. The van der Waals surface area contributed by atoms with E-state index in [0.29, 0.717) is 4.90 Å². The summed E-state index contributed by atoms with van der Waals surface area (Å²) >= 11 is 2.91. The van der Waals surface area contributed by atoms with Gasteiger partial charge in [0.1, 0.15) is 5.82 Å². The van der Waals surface area contributed by atoms with Gasteiger partial charge >= 0.3 is 0 Å². The number of rotatable bonds is 1. The molecule has 2 rings (SSSR count). The van der Waals surface area contributed by atoms with E-state index < -0.39 is 43.1 Å². The van der Waals surface area contributed by atoms with Crippen LogP contribution in [0.2, 0.25) is 0 Å². The first kappa shape index (κ1) is 2.96. The average Bonchev–Trinajstić information content (AvgIpc) is 2.32. The van der Waals surface area contributed by atoms with Gasteiger partial charge in [-0.05, 0) is 28.0 Å². The molecule has 0 aliphatic carbocycles. The summed E-state index contributed by atoms with van der Waals surface area (Å²) in [5.74, 6) is -0.442. The van der Waals surface area contributed by atoms with Crippen molar-refractivity contribution in [3.8, 4) is 0 Å². The highest BCUT2D eigenvalue weighted by molar-refractivity contribution is 9.10. The van der Waals surface area contributed by atoms with Crippen LogP contribution in [0.1, 0.15) is 11.0 Å². The minimum absolute atomic E-state index is 0.179. The first-order chi connectivity index (χ1) is 8.87. The molecule has 1 N–H and O–H groups in total. The third-order valence-electron chi connectivity index (χ3n) is 1.23. The Labute approximate surface area is 90.4 Å². The average molecular weight is 237 g/mol. The molecule has 3 nitrogen and oxygen atoms in total. The van der Waals surface area contributed by atoms with Crippen LogP contribution in [-0.2, 0) is 0 Å². The molecule has 64 valence electrons. The topological polar surface area (TPSA) is 36.4 Å². The van der Waals surface area contributed by atoms with Gasteiger partial charge in [-0.3, -0.25) is 0 Å². The largest absolute Gasteiger partial charge is 0.389 e. The molecule has 0 radical (unpaired) electrons. The number of halogens is 1. The second kappa shape index (κ2) is 3.03. The molecule has 2 heterocycles. The highest BCUT2D eigenvalue weighted by Gasteiger charge is 2.26. The third kappa shape index (κ3) is 1.32. The lowest BCUT2D eigenvalue weighted by Gasteiger charge is -2.37. The molecule has 0 unspecified atom stereocenters. The van der Waals surface area contributed by atoms with Crippen LogP contribution in [-0.4, -0.2) is 29.2 Å². The highest BCUT2D eigenvalue weighted by atomic mass is 79.9. The lowest BCUT2D eigenvalue weighted by atomic mass is 10.2. The van der Waals surface area contributed by atoms with Gasteiger partial charge in [-0.2, -0.15) is 0 Å². The summed E-state index contributed by atoms with van der Waals surface area (Å²) in [5.41, 5.74) is 0. The molecule has 1 fully saturated rings. The van der Waals surface area contributed by atoms with Gasteiger partial charge in [-0.25, -0.2) is 4.98 Å². The predicted molar refractivity (Wildman–Crippen MR) is 50.2 cm³/mol. The van der Waals surface area contributed by atoms with Gasteiger partial charge in [-0.1, -0.05) is 0 Å². The van der Waals surface area contributed by atoms with Crippen molar-refractivity contribution in [1.82, 2.24) is 4.98 Å². The fourth-order valence-corrected chi connectivity index (χ4v) is 1.10. The number of nitrogens with zero attached hydrogens (tertiary/aromatic N) is 2. The van der Waals surface area contributed by atoms with Gasteiger partial charge in [0.05, 0.1) is 21.5 Å². The van der Waals surface area contributed by atoms with Crippen molar-refractivity contribution >= 4 is 21.7 Å². The molecule has 1 aliphatic rings. The van der Waals surface area contributed by atoms with E-state index in [9.17, 15) is 5.11 Å². The molecule has 1 aromatic rings. The highest BCUT2D eigenvalue weighted by Crippen LogP contribution is 2.26. The van der Waals surface area contributed by atoms with Crippen LogP contribution in [0.4, 0.5) is 5.82 Å². The predicted octanol–water partition coefficient (Wildman–Crippen LogP) is 1.02. The van der Waals surface area contributed by atoms with Crippen LogP contribution in [0.25, 0.3) is 0 Å². The number of pyridine rings is 1. The Hall–Kier alpha value is -0.610. The smallest absolute Gasteiger partial charge is 0.143 e. The first-order valence-corrected chi connectivity index (χ1v) is 3.82. The van der Waals surface area contributed by atoms with Crippen molar-refractivity contribution in [2.45, 2.75) is 6.08 Å². The van der Waals surface area contributed by atoms with E-state index in [1.165, 1.54) is 0 Å². The third-order valence-corrected chi connectivity index (χ3v) is 1.79. The van der Waals surface area contributed by atoms with Crippen molar-refractivity contribution in [3.63, 3.8) is 0 Å². The van der Waals surface area contributed by atoms with Gasteiger partial charge in [0.25, 0.3) is 0 Å². The molecule has 12 heavy (non-hydrogen) atoms. The van der Waals surface area contributed by atoms with Gasteiger partial charge in [0.15, 0.2) is 0 Å². The number of aliphatic hydroxyl groups is 1. The van der Waals surface area contributed by atoms with E-state index in [1.807, 2.05) is 0 Å². The molecule has 0 aromatic carbocycles. The van der Waals surface area contributed by atoms with Crippen molar-refractivity contribution < 1.29 is 16.1 Å². The van der Waals surface area contributed by atoms with Crippen molar-refractivity contribution in [3.05, 3.63) is 22.7 Å². The zero-order valence-electron chi connectivity index (χ0n) is 13.7. The number of hydrogen-bond acceptors (Lipinski definition) is 3. The summed E-state index contributed by atoms with van der Waals surface area (Å²) in [6, 6.07) is -0.949. The number of aromatic nitrogens is 1. The fraction of sp³-hybridized carbons (Fsp3) is 0.375. The molecule has 0 saturated carbocycles. The SMILES string of the molecule is [2H]c1nc(N2C([2H])([2H])C([2H])(O)C2([2H])[2H])c(Br)c([2H])c1[2H]. The van der Waals surface area contributed by atoms with E-state index in [0.717, 1.165) is 0 Å². The van der Waals surface area contributed by atoms with E-state index >= 15 is 0 Å². The minimum atomic E-state index is -3.02. The van der Waals surface area contributed by atoms with Crippen LogP contribution >= 0.6 is 15.9 Å². The molecule has 1 aliphatic heterocycles. The summed E-state index contributed by atoms with van der Waals surface area (Å²) in [7, 11) is 0. The summed E-state index contributed by atoms with van der Waals surface area (Å²) in [5, 5.41) is 9.59. The summed E-state index contributed by atoms with van der Waals surface area (Å²) in [6.07, 6.45) is -3.65. The monoisotopic (exact) mass is 236 g/mol. The Morgan fingerprint density at radius 1 is 1.92 bits per heavy atom. The molecule has 1 saturated heterocycles. The quantitative estimate of drug-likeness (QED) is 0.792. The number of hydrogen-bond donors (Lipinski definition) is 1. The van der Waals surface area contributed by atoms with Gasteiger partial charge in [0.2, 0.25) is 0 Å². The van der Waals surface area contributed by atoms with Crippen molar-refractivity contribution in [1.29, 1.82) is 0 Å². The van der Waals surface area contributed by atoms with E-state index in [-0.39, 0.29) is 4.47 Å². The second-order valence-electron chi connectivity index (χ2n) is 2.02. The molecule has 1 aromatic heterocycles. The summed E-state index contributed by atoms with van der Waals surface area (Å²) in [4.78, 5) is 3.96. The maximum Gasteiger partial charge on any atom is 0.143 e. The fourth-order valence-electron chi connectivity index (χ4n) is 0.735. The Morgan fingerprint density at radius 2 is 2.67 bits per heavy atom. The lowest BCUT2D eigenvalue weighted by Crippen LogP contribution is -2.51. The zero-order chi connectivity index (χ0) is 15.7. The molecule has 0 amide bonds. The Morgan fingerprint density at radius 3 is 3.42 bits per heavy atom. The number of anilines is 1. The van der Waals surface area contributed by atoms with E-state index in [2.05, 4.69) is 20.9 Å². The van der Waals surface area contributed by atoms with Gasteiger partial charge in [0, 0.05) is 19.2 Å². The molecule has 0 bridgehead atoms. The maximum absolute atomic E-state index is 9.59. The molecular formula is C8H9BrN2O. The Bertz CT molecular complexity index is 574. The normalized spacial score (nSPS) is 38.3. The van der Waals surface area contributed by atoms with Crippen LogP contribution in [0.15, 0.2) is 22.7 Å². The van der Waals surface area contributed by atoms with Crippen LogP contribution in [0.3, 0.4) is 0 Å². The zero-order valence-corrected chi connectivity index (χ0v) is 7.31. The molecule has 4 heteroatoms. The molecule has 0 atom stereocenters.